The zero-order chi connectivity index (χ0) is 13.0. The van der Waals surface area contributed by atoms with E-state index in [9.17, 15) is 4.79 Å². The SMILES string of the molecule is CC[C@H](C(=O)N1CCCC[C@H]1C)c1ccccc1. The number of likely N-dealkylation sites (tertiary alicyclic amines) is 1. The fraction of sp³-hybridized carbons (Fsp3) is 0.562. The van der Waals surface area contributed by atoms with Gasteiger partial charge in [0, 0.05) is 12.6 Å². The number of hydrogen-bond donors (Lipinski definition) is 0. The van der Waals surface area contributed by atoms with E-state index in [1.807, 2.05) is 18.2 Å². The molecule has 98 valence electrons. The summed E-state index contributed by atoms with van der Waals surface area (Å²) in [6, 6.07) is 10.6. The number of rotatable bonds is 3. The topological polar surface area (TPSA) is 20.3 Å². The smallest absolute Gasteiger partial charge is 0.230 e. The predicted octanol–water partition coefficient (Wildman–Crippen LogP) is 3.58. The molecule has 1 aliphatic rings. The third-order valence-electron chi connectivity index (χ3n) is 3.99. The van der Waals surface area contributed by atoms with Gasteiger partial charge in [0.25, 0.3) is 0 Å². The van der Waals surface area contributed by atoms with Gasteiger partial charge in [0.15, 0.2) is 0 Å². The maximum absolute atomic E-state index is 12.7. The summed E-state index contributed by atoms with van der Waals surface area (Å²) in [5, 5.41) is 0. The lowest BCUT2D eigenvalue weighted by Crippen LogP contribution is -2.44. The van der Waals surface area contributed by atoms with Crippen LogP contribution in [0.2, 0.25) is 0 Å². The molecule has 1 aliphatic heterocycles. The van der Waals surface area contributed by atoms with Gasteiger partial charge in [-0.3, -0.25) is 4.79 Å². The van der Waals surface area contributed by atoms with Crippen LogP contribution in [-0.4, -0.2) is 23.4 Å². The van der Waals surface area contributed by atoms with Crippen LogP contribution in [-0.2, 0) is 4.79 Å². The maximum atomic E-state index is 12.7. The van der Waals surface area contributed by atoms with E-state index < -0.39 is 0 Å². The van der Waals surface area contributed by atoms with Crippen molar-refractivity contribution in [2.24, 2.45) is 0 Å². The minimum absolute atomic E-state index is 0.0340. The van der Waals surface area contributed by atoms with E-state index in [-0.39, 0.29) is 5.92 Å². The van der Waals surface area contributed by atoms with Crippen molar-refractivity contribution in [1.82, 2.24) is 4.90 Å². The van der Waals surface area contributed by atoms with Gasteiger partial charge < -0.3 is 4.90 Å². The third-order valence-corrected chi connectivity index (χ3v) is 3.99. The Labute approximate surface area is 110 Å². The van der Waals surface area contributed by atoms with Gasteiger partial charge in [-0.25, -0.2) is 0 Å². The van der Waals surface area contributed by atoms with Crippen LogP contribution >= 0.6 is 0 Å². The molecule has 0 spiro atoms. The zero-order valence-corrected chi connectivity index (χ0v) is 11.4. The van der Waals surface area contributed by atoms with Gasteiger partial charge in [0.05, 0.1) is 5.92 Å². The quantitative estimate of drug-likeness (QED) is 0.797. The van der Waals surface area contributed by atoms with Crippen molar-refractivity contribution in [1.29, 1.82) is 0 Å². The molecule has 1 amide bonds. The predicted molar refractivity (Wildman–Crippen MR) is 74.5 cm³/mol. The first-order chi connectivity index (χ1) is 8.74. The summed E-state index contributed by atoms with van der Waals surface area (Å²) in [5.74, 6) is 0.350. The second-order valence-electron chi connectivity index (χ2n) is 5.25. The van der Waals surface area contributed by atoms with Gasteiger partial charge in [-0.05, 0) is 38.2 Å². The van der Waals surface area contributed by atoms with Crippen LogP contribution in [0.15, 0.2) is 30.3 Å². The van der Waals surface area contributed by atoms with Gasteiger partial charge in [-0.15, -0.1) is 0 Å². The molecule has 0 saturated carbocycles. The van der Waals surface area contributed by atoms with E-state index in [0.717, 1.165) is 31.4 Å². The highest BCUT2D eigenvalue weighted by atomic mass is 16.2. The molecule has 0 radical (unpaired) electrons. The molecule has 1 fully saturated rings. The Bertz CT molecular complexity index is 387. The van der Waals surface area contributed by atoms with Crippen molar-refractivity contribution in [2.75, 3.05) is 6.54 Å². The van der Waals surface area contributed by atoms with Crippen LogP contribution in [0.25, 0.3) is 0 Å². The van der Waals surface area contributed by atoms with E-state index in [1.54, 1.807) is 0 Å². The Morgan fingerprint density at radius 2 is 2.06 bits per heavy atom. The summed E-state index contributed by atoms with van der Waals surface area (Å²) < 4.78 is 0. The first-order valence-electron chi connectivity index (χ1n) is 7.09. The second kappa shape index (κ2) is 6.03. The first-order valence-corrected chi connectivity index (χ1v) is 7.09. The summed E-state index contributed by atoms with van der Waals surface area (Å²) in [4.78, 5) is 14.8. The van der Waals surface area contributed by atoms with Crippen LogP contribution in [0, 0.1) is 0 Å². The number of benzene rings is 1. The second-order valence-corrected chi connectivity index (χ2v) is 5.25. The normalized spacial score (nSPS) is 21.7. The van der Waals surface area contributed by atoms with E-state index >= 15 is 0 Å². The van der Waals surface area contributed by atoms with Crippen molar-refractivity contribution in [3.05, 3.63) is 35.9 Å². The van der Waals surface area contributed by atoms with Crippen LogP contribution in [0.5, 0.6) is 0 Å². The van der Waals surface area contributed by atoms with Crippen LogP contribution in [0.3, 0.4) is 0 Å². The van der Waals surface area contributed by atoms with Crippen molar-refractivity contribution in [2.45, 2.75) is 51.5 Å². The maximum Gasteiger partial charge on any atom is 0.230 e. The van der Waals surface area contributed by atoms with E-state index in [4.69, 9.17) is 0 Å². The largest absolute Gasteiger partial charge is 0.339 e. The van der Waals surface area contributed by atoms with Crippen LogP contribution < -0.4 is 0 Å². The minimum atomic E-state index is 0.0340. The van der Waals surface area contributed by atoms with Crippen molar-refractivity contribution < 1.29 is 4.79 Å². The van der Waals surface area contributed by atoms with E-state index in [2.05, 4.69) is 30.9 Å². The molecule has 2 atom stereocenters. The summed E-state index contributed by atoms with van der Waals surface area (Å²) in [5.41, 5.74) is 1.16. The summed E-state index contributed by atoms with van der Waals surface area (Å²) in [6.45, 7) is 5.21. The Kier molecular flexibility index (Phi) is 4.40. The number of nitrogens with zero attached hydrogens (tertiary/aromatic N) is 1. The number of carbonyl (C=O) groups excluding carboxylic acids is 1. The molecule has 0 bridgehead atoms. The standard InChI is InChI=1S/C16H23NO/c1-3-15(14-10-5-4-6-11-14)16(18)17-12-8-7-9-13(17)2/h4-6,10-11,13,15H,3,7-9,12H2,1-2H3/t13-,15+/m1/s1. The molecule has 1 heterocycles. The highest BCUT2D eigenvalue weighted by Crippen LogP contribution is 2.26. The van der Waals surface area contributed by atoms with E-state index in [1.165, 1.54) is 6.42 Å². The molecule has 2 rings (SSSR count). The van der Waals surface area contributed by atoms with Gasteiger partial charge in [0.1, 0.15) is 0 Å². The molecule has 0 N–H and O–H groups in total. The third kappa shape index (κ3) is 2.74. The molecule has 2 nitrogen and oxygen atoms in total. The lowest BCUT2D eigenvalue weighted by Gasteiger charge is -2.36. The Morgan fingerprint density at radius 3 is 2.67 bits per heavy atom. The van der Waals surface area contributed by atoms with Crippen LogP contribution in [0.1, 0.15) is 51.0 Å². The van der Waals surface area contributed by atoms with Crippen molar-refractivity contribution in [3.63, 3.8) is 0 Å². The van der Waals surface area contributed by atoms with Crippen LogP contribution in [0.4, 0.5) is 0 Å². The minimum Gasteiger partial charge on any atom is -0.339 e. The summed E-state index contributed by atoms with van der Waals surface area (Å²) in [7, 11) is 0. The molecular formula is C16H23NO. The molecular weight excluding hydrogens is 222 g/mol. The fourth-order valence-corrected chi connectivity index (χ4v) is 2.86. The molecule has 0 aliphatic carbocycles. The average Bonchev–Trinajstić information content (AvgIpc) is 2.41. The zero-order valence-electron chi connectivity index (χ0n) is 11.4. The van der Waals surface area contributed by atoms with Gasteiger partial charge in [-0.1, -0.05) is 37.3 Å². The van der Waals surface area contributed by atoms with Gasteiger partial charge >= 0.3 is 0 Å². The Morgan fingerprint density at radius 1 is 1.33 bits per heavy atom. The summed E-state index contributed by atoms with van der Waals surface area (Å²) >= 11 is 0. The van der Waals surface area contributed by atoms with E-state index in [0.29, 0.717) is 11.9 Å². The highest BCUT2D eigenvalue weighted by molar-refractivity contribution is 5.84. The Hall–Kier alpha value is -1.31. The van der Waals surface area contributed by atoms with Crippen molar-refractivity contribution in [3.8, 4) is 0 Å². The lowest BCUT2D eigenvalue weighted by atomic mass is 9.93. The number of carbonyl (C=O) groups is 1. The monoisotopic (exact) mass is 245 g/mol. The molecule has 2 heteroatoms. The average molecular weight is 245 g/mol. The molecule has 1 aromatic rings. The number of piperidine rings is 1. The molecule has 1 aromatic carbocycles. The number of amides is 1. The first kappa shape index (κ1) is 13.1. The lowest BCUT2D eigenvalue weighted by molar-refractivity contribution is -0.136. The fourth-order valence-electron chi connectivity index (χ4n) is 2.86. The molecule has 0 unspecified atom stereocenters. The number of hydrogen-bond acceptors (Lipinski definition) is 1. The molecule has 0 aromatic heterocycles. The van der Waals surface area contributed by atoms with Crippen molar-refractivity contribution >= 4 is 5.91 Å². The molecule has 1 saturated heterocycles. The Balaban J connectivity index is 2.15. The summed E-state index contributed by atoms with van der Waals surface area (Å²) in [6.07, 6.45) is 4.44. The highest BCUT2D eigenvalue weighted by Gasteiger charge is 2.29. The van der Waals surface area contributed by atoms with Gasteiger partial charge in [0.2, 0.25) is 5.91 Å². The molecule has 18 heavy (non-hydrogen) atoms. The van der Waals surface area contributed by atoms with Gasteiger partial charge in [-0.2, -0.15) is 0 Å².